The zero-order valence-corrected chi connectivity index (χ0v) is 7.96. The third kappa shape index (κ3) is 1.55. The molecule has 0 amide bonds. The molecule has 0 aliphatic rings. The van der Waals surface area contributed by atoms with Crippen LogP contribution in [-0.2, 0) is 6.54 Å². The Labute approximate surface area is 81.9 Å². The van der Waals surface area contributed by atoms with Crippen molar-refractivity contribution in [1.82, 2.24) is 4.57 Å². The molecule has 1 aromatic heterocycles. The maximum atomic E-state index is 5.90. The van der Waals surface area contributed by atoms with Gasteiger partial charge in [0.1, 0.15) is 0 Å². The predicted octanol–water partition coefficient (Wildman–Crippen LogP) is 2.25. The lowest BCUT2D eigenvalue weighted by Gasteiger charge is -2.02. The van der Waals surface area contributed by atoms with Crippen LogP contribution in [0.25, 0.3) is 10.9 Å². The van der Waals surface area contributed by atoms with E-state index >= 15 is 0 Å². The molecule has 0 unspecified atom stereocenters. The second kappa shape index (κ2) is 3.40. The number of halogens is 1. The molecule has 0 aliphatic heterocycles. The lowest BCUT2D eigenvalue weighted by Crippen LogP contribution is -2.08. The van der Waals surface area contributed by atoms with Gasteiger partial charge in [-0.1, -0.05) is 17.7 Å². The number of hydrogen-bond acceptors (Lipinski definition) is 1. The molecule has 1 aromatic carbocycles. The van der Waals surface area contributed by atoms with Gasteiger partial charge in [-0.2, -0.15) is 0 Å². The minimum atomic E-state index is 0.649. The lowest BCUT2D eigenvalue weighted by atomic mass is 10.2. The van der Waals surface area contributed by atoms with Gasteiger partial charge in [0.25, 0.3) is 0 Å². The summed E-state index contributed by atoms with van der Waals surface area (Å²) in [6.45, 7) is 1.49. The third-order valence-electron chi connectivity index (χ3n) is 2.11. The van der Waals surface area contributed by atoms with E-state index in [0.717, 1.165) is 17.1 Å². The van der Waals surface area contributed by atoms with Crippen LogP contribution in [0.1, 0.15) is 0 Å². The van der Waals surface area contributed by atoms with E-state index < -0.39 is 0 Å². The Morgan fingerprint density at radius 3 is 2.92 bits per heavy atom. The standard InChI is InChI=1S/C10H11ClN2/c11-9-2-1-8-3-5-13(6-4-12)10(8)7-9/h1-3,5,7H,4,6,12H2. The number of nitrogens with zero attached hydrogens (tertiary/aromatic N) is 1. The number of hydrogen-bond donors (Lipinski definition) is 1. The van der Waals surface area contributed by atoms with Crippen molar-refractivity contribution in [2.24, 2.45) is 5.73 Å². The van der Waals surface area contributed by atoms with Crippen LogP contribution in [0.4, 0.5) is 0 Å². The van der Waals surface area contributed by atoms with Crippen LogP contribution in [0.2, 0.25) is 5.02 Å². The highest BCUT2D eigenvalue weighted by atomic mass is 35.5. The molecule has 2 aromatic rings. The van der Waals surface area contributed by atoms with Crippen molar-refractivity contribution in [2.45, 2.75) is 6.54 Å². The summed E-state index contributed by atoms with van der Waals surface area (Å²) in [6, 6.07) is 7.95. The summed E-state index contributed by atoms with van der Waals surface area (Å²) in [7, 11) is 0. The topological polar surface area (TPSA) is 30.9 Å². The molecular weight excluding hydrogens is 184 g/mol. The van der Waals surface area contributed by atoms with E-state index in [9.17, 15) is 0 Å². The molecule has 2 nitrogen and oxygen atoms in total. The Bertz CT molecular complexity index is 420. The molecule has 2 N–H and O–H groups in total. The van der Waals surface area contributed by atoms with Crippen molar-refractivity contribution in [3.63, 3.8) is 0 Å². The molecule has 1 heterocycles. The first-order chi connectivity index (χ1) is 6.31. The maximum Gasteiger partial charge on any atom is 0.0495 e. The monoisotopic (exact) mass is 194 g/mol. The number of rotatable bonds is 2. The lowest BCUT2D eigenvalue weighted by molar-refractivity contribution is 0.735. The number of fused-ring (bicyclic) bond motifs is 1. The van der Waals surface area contributed by atoms with Crippen LogP contribution in [0.5, 0.6) is 0 Å². The fraction of sp³-hybridized carbons (Fsp3) is 0.200. The predicted molar refractivity (Wildman–Crippen MR) is 56.0 cm³/mol. The fourth-order valence-corrected chi connectivity index (χ4v) is 1.66. The molecule has 0 radical (unpaired) electrons. The van der Waals surface area contributed by atoms with E-state index in [-0.39, 0.29) is 0 Å². The molecule has 0 spiro atoms. The zero-order valence-electron chi connectivity index (χ0n) is 7.20. The molecule has 0 saturated heterocycles. The van der Waals surface area contributed by atoms with Crippen LogP contribution in [-0.4, -0.2) is 11.1 Å². The van der Waals surface area contributed by atoms with Gasteiger partial charge in [0.15, 0.2) is 0 Å². The average Bonchev–Trinajstić information content (AvgIpc) is 2.49. The highest BCUT2D eigenvalue weighted by molar-refractivity contribution is 6.31. The van der Waals surface area contributed by atoms with E-state index in [1.165, 1.54) is 5.39 Å². The smallest absolute Gasteiger partial charge is 0.0495 e. The van der Waals surface area contributed by atoms with E-state index in [1.54, 1.807) is 0 Å². The molecule has 0 atom stereocenters. The summed E-state index contributed by atoms with van der Waals surface area (Å²) in [5.41, 5.74) is 6.65. The van der Waals surface area contributed by atoms with Crippen LogP contribution < -0.4 is 5.73 Å². The first-order valence-corrected chi connectivity index (χ1v) is 4.63. The van der Waals surface area contributed by atoms with E-state index in [0.29, 0.717) is 6.54 Å². The molecule has 13 heavy (non-hydrogen) atoms. The minimum absolute atomic E-state index is 0.649. The van der Waals surface area contributed by atoms with Crippen LogP contribution in [0.15, 0.2) is 30.5 Å². The van der Waals surface area contributed by atoms with Crippen molar-refractivity contribution in [3.8, 4) is 0 Å². The Hall–Kier alpha value is -0.990. The summed E-state index contributed by atoms with van der Waals surface area (Å²) in [6.07, 6.45) is 2.04. The molecule has 68 valence electrons. The molecular formula is C10H11ClN2. The van der Waals surface area contributed by atoms with Gasteiger partial charge >= 0.3 is 0 Å². The molecule has 2 rings (SSSR count). The molecule has 0 saturated carbocycles. The Balaban J connectivity index is 2.58. The van der Waals surface area contributed by atoms with Gasteiger partial charge in [-0.25, -0.2) is 0 Å². The SMILES string of the molecule is NCCn1ccc2ccc(Cl)cc21. The first kappa shape index (κ1) is 8.60. The summed E-state index contributed by atoms with van der Waals surface area (Å²) in [5, 5.41) is 1.97. The molecule has 0 bridgehead atoms. The largest absolute Gasteiger partial charge is 0.346 e. The van der Waals surface area contributed by atoms with E-state index in [1.807, 2.05) is 24.4 Å². The van der Waals surface area contributed by atoms with E-state index in [2.05, 4.69) is 10.6 Å². The van der Waals surface area contributed by atoms with Gasteiger partial charge in [0.05, 0.1) is 0 Å². The minimum Gasteiger partial charge on any atom is -0.346 e. The van der Waals surface area contributed by atoms with Crippen LogP contribution in [0.3, 0.4) is 0 Å². The van der Waals surface area contributed by atoms with Gasteiger partial charge in [0.2, 0.25) is 0 Å². The Morgan fingerprint density at radius 2 is 2.15 bits per heavy atom. The zero-order chi connectivity index (χ0) is 9.26. The van der Waals surface area contributed by atoms with Gasteiger partial charge < -0.3 is 10.3 Å². The van der Waals surface area contributed by atoms with Gasteiger partial charge in [-0.3, -0.25) is 0 Å². The summed E-state index contributed by atoms with van der Waals surface area (Å²) in [4.78, 5) is 0. The second-order valence-electron chi connectivity index (χ2n) is 3.00. The summed E-state index contributed by atoms with van der Waals surface area (Å²) >= 11 is 5.90. The average molecular weight is 195 g/mol. The number of aromatic nitrogens is 1. The van der Waals surface area contributed by atoms with Gasteiger partial charge in [0, 0.05) is 29.8 Å². The van der Waals surface area contributed by atoms with Crippen LogP contribution >= 0.6 is 11.6 Å². The third-order valence-corrected chi connectivity index (χ3v) is 2.34. The summed E-state index contributed by atoms with van der Waals surface area (Å²) < 4.78 is 2.11. The van der Waals surface area contributed by atoms with Crippen LogP contribution in [0, 0.1) is 0 Å². The fourth-order valence-electron chi connectivity index (χ4n) is 1.49. The second-order valence-corrected chi connectivity index (χ2v) is 3.44. The van der Waals surface area contributed by atoms with E-state index in [4.69, 9.17) is 17.3 Å². The Kier molecular flexibility index (Phi) is 2.25. The molecule has 0 fully saturated rings. The maximum absolute atomic E-state index is 5.90. The molecule has 0 aliphatic carbocycles. The van der Waals surface area contributed by atoms with Gasteiger partial charge in [-0.15, -0.1) is 0 Å². The first-order valence-electron chi connectivity index (χ1n) is 4.26. The molecule has 3 heteroatoms. The van der Waals surface area contributed by atoms with Crippen molar-refractivity contribution < 1.29 is 0 Å². The van der Waals surface area contributed by atoms with Crippen molar-refractivity contribution in [3.05, 3.63) is 35.5 Å². The van der Waals surface area contributed by atoms with Crippen molar-refractivity contribution in [1.29, 1.82) is 0 Å². The quantitative estimate of drug-likeness (QED) is 0.781. The Morgan fingerprint density at radius 1 is 1.31 bits per heavy atom. The van der Waals surface area contributed by atoms with Gasteiger partial charge in [-0.05, 0) is 23.6 Å². The number of benzene rings is 1. The van der Waals surface area contributed by atoms with Crippen molar-refractivity contribution in [2.75, 3.05) is 6.54 Å². The highest BCUT2D eigenvalue weighted by Gasteiger charge is 1.99. The highest BCUT2D eigenvalue weighted by Crippen LogP contribution is 2.20. The normalized spacial score (nSPS) is 10.9. The number of nitrogens with two attached hydrogens (primary N) is 1. The van der Waals surface area contributed by atoms with Crippen molar-refractivity contribution >= 4 is 22.5 Å². The summed E-state index contributed by atoms with van der Waals surface area (Å²) in [5.74, 6) is 0.